The molecule has 0 N–H and O–H groups in total. The van der Waals surface area contributed by atoms with Gasteiger partial charge in [-0.3, -0.25) is 0 Å². The van der Waals surface area contributed by atoms with E-state index in [1.54, 1.807) is 0 Å². The first-order valence-corrected chi connectivity index (χ1v) is 17.7. The van der Waals surface area contributed by atoms with Crippen molar-refractivity contribution in [3.63, 3.8) is 0 Å². The molecule has 6 heteroatoms. The van der Waals surface area contributed by atoms with Gasteiger partial charge in [0, 0.05) is 0 Å². The monoisotopic (exact) mass is 344 g/mol. The second kappa shape index (κ2) is 0.864. The summed E-state index contributed by atoms with van der Waals surface area (Å²) < 4.78 is 76.5. The van der Waals surface area contributed by atoms with Crippen LogP contribution in [-0.2, 0) is 12.6 Å². The molecule has 11 rings (SSSR count). The third kappa shape index (κ3) is 0.115. The molecule has 0 nitrogen and oxygen atoms in total. The molecule has 0 radical (unpaired) electrons. The van der Waals surface area contributed by atoms with Gasteiger partial charge in [0.1, 0.15) is 0 Å². The van der Waals surface area contributed by atoms with Gasteiger partial charge in [-0.05, 0) is 0 Å². The Bertz CT molecular complexity index is 1260. The fraction of sp³-hybridized carbons (Fsp3) is 0.625. The molecule has 112 valence electrons. The molecule has 1 aromatic carbocycles. The maximum absolute atomic E-state index is 14.6. The SMILES string of the molecule is Fc1c(F)c(F)c([C]23[CH]4[CH]5[CH]6[CH]2[Ti]56432789[CH]3[CH]2[CH]7[CH]8[CH]39)c(F)c1F. The van der Waals surface area contributed by atoms with E-state index in [1.807, 2.05) is 0 Å². The minimum atomic E-state index is -4.33. The summed E-state index contributed by atoms with van der Waals surface area (Å²) in [4.78, 5) is 0. The minimum absolute atomic E-state index is 0.299. The van der Waals surface area contributed by atoms with Gasteiger partial charge in [-0.25, -0.2) is 0 Å². The molecule has 22 heavy (non-hydrogen) atoms. The van der Waals surface area contributed by atoms with Crippen molar-refractivity contribution in [3.8, 4) is 0 Å². The molecule has 0 amide bonds. The molecular weight excluding hydrogens is 335 g/mol. The second-order valence-electron chi connectivity index (χ2n) is 14.7. The first kappa shape index (κ1) is 9.17. The summed E-state index contributed by atoms with van der Waals surface area (Å²) >= 11 is 0. The van der Waals surface area contributed by atoms with Gasteiger partial charge >= 0.3 is 107 Å². The molecule has 0 bridgehead atoms. The van der Waals surface area contributed by atoms with Gasteiger partial charge in [-0.1, -0.05) is 0 Å². The van der Waals surface area contributed by atoms with Gasteiger partial charge in [-0.15, -0.1) is 0 Å². The van der Waals surface area contributed by atoms with Crippen LogP contribution in [0.15, 0.2) is 0 Å². The summed E-state index contributed by atoms with van der Waals surface area (Å²) in [5.41, 5.74) is -0.299. The Morgan fingerprint density at radius 3 is 1.18 bits per heavy atom. The summed E-state index contributed by atoms with van der Waals surface area (Å²) in [6.07, 6.45) is 0. The third-order valence-corrected chi connectivity index (χ3v) is 81.7. The average Bonchev–Trinajstić information content (AvgIpc) is 3.44. The Morgan fingerprint density at radius 2 is 0.909 bits per heavy atom. The normalized spacial score (nSPS) is 94.9. The van der Waals surface area contributed by atoms with Crippen molar-refractivity contribution >= 4 is 0 Å². The van der Waals surface area contributed by atoms with Crippen LogP contribution in [0.4, 0.5) is 22.0 Å². The van der Waals surface area contributed by atoms with Gasteiger partial charge in [0.25, 0.3) is 0 Å². The molecule has 4 unspecified atom stereocenters. The molecule has 10 saturated heterocycles. The Labute approximate surface area is 107 Å². The summed E-state index contributed by atoms with van der Waals surface area (Å²) in [7, 11) is -4.33. The van der Waals surface area contributed by atoms with E-state index < -0.39 is 41.7 Å². The molecule has 10 aliphatic heterocycles. The van der Waals surface area contributed by atoms with E-state index >= 15 is 0 Å². The first-order chi connectivity index (χ1) is 10.2. The molecule has 0 aliphatic carbocycles. The first-order valence-electron chi connectivity index (χ1n) is 8.79. The van der Waals surface area contributed by atoms with Crippen LogP contribution in [0.1, 0.15) is 5.56 Å². The summed E-state index contributed by atoms with van der Waals surface area (Å²) in [6, 6.07) is 0. The van der Waals surface area contributed by atoms with Crippen LogP contribution >= 0.6 is 0 Å². The van der Waals surface area contributed by atoms with E-state index in [-0.39, 0.29) is 5.56 Å². The van der Waals surface area contributed by atoms with Crippen LogP contribution in [0.25, 0.3) is 0 Å². The van der Waals surface area contributed by atoms with E-state index in [0.717, 1.165) is 29.6 Å². The maximum atomic E-state index is 14.6. The van der Waals surface area contributed by atoms with E-state index in [1.165, 1.54) is 0 Å². The molecule has 1 spiro atoms. The van der Waals surface area contributed by atoms with Crippen LogP contribution in [-0.4, -0.2) is 0 Å². The molecule has 0 aromatic heterocycles. The second-order valence-corrected chi connectivity index (χ2v) is 48.1. The fourth-order valence-corrected chi connectivity index (χ4v) is 148. The molecule has 0 saturated carbocycles. The molecule has 10 aliphatic rings. The Hall–Kier alpha value is -0.416. The van der Waals surface area contributed by atoms with E-state index in [0.29, 0.717) is 8.45 Å². The number of hydrogen-bond donors (Lipinski definition) is 0. The van der Waals surface area contributed by atoms with Crippen molar-refractivity contribution in [1.82, 2.24) is 0 Å². The van der Waals surface area contributed by atoms with Gasteiger partial charge in [0.05, 0.1) is 0 Å². The number of hydrogen-bond acceptors (Lipinski definition) is 0. The quantitative estimate of drug-likeness (QED) is 0.285. The number of fused-ring (bicyclic) bond motifs is 10. The van der Waals surface area contributed by atoms with Gasteiger partial charge in [0.2, 0.25) is 0 Å². The number of halogens is 5. The number of rotatable bonds is 1. The molecule has 4 atom stereocenters. The van der Waals surface area contributed by atoms with Crippen LogP contribution in [0.2, 0.25) is 38.0 Å². The van der Waals surface area contributed by atoms with Crippen molar-refractivity contribution in [2.75, 3.05) is 0 Å². The molecular formula is C16H9F5Ti. The third-order valence-electron chi connectivity index (χ3n) is 21.9. The predicted molar refractivity (Wildman–Crippen MR) is 61.7 cm³/mol. The average molecular weight is 344 g/mol. The van der Waals surface area contributed by atoms with Crippen molar-refractivity contribution in [2.24, 2.45) is 0 Å². The molecule has 10 fully saturated rings. The standard InChI is InChI=1S/C11H4F5.C5H5.Ti/c12-7-6(5-3-1-2-4-5)8(13)10(15)11(16)9(7)14;1-2-4-5-3-1;/h1-4H;1-5H;. The fourth-order valence-electron chi connectivity index (χ4n) is 25.6. The van der Waals surface area contributed by atoms with E-state index in [4.69, 9.17) is 0 Å². The van der Waals surface area contributed by atoms with E-state index in [2.05, 4.69) is 0 Å². The van der Waals surface area contributed by atoms with Crippen molar-refractivity contribution < 1.29 is 30.8 Å². The zero-order valence-electron chi connectivity index (χ0n) is 11.1. The molecule has 10 heterocycles. The Balaban J connectivity index is 1.47. The summed E-state index contributed by atoms with van der Waals surface area (Å²) in [5.74, 6) is -8.37. The zero-order chi connectivity index (χ0) is 14.5. The van der Waals surface area contributed by atoms with Crippen LogP contribution < -0.4 is 0 Å². The summed E-state index contributed by atoms with van der Waals surface area (Å²) in [6.45, 7) is 0. The topological polar surface area (TPSA) is 0 Å². The van der Waals surface area contributed by atoms with Crippen molar-refractivity contribution in [2.45, 2.75) is 41.7 Å². The van der Waals surface area contributed by atoms with E-state index in [9.17, 15) is 22.0 Å². The van der Waals surface area contributed by atoms with Gasteiger partial charge < -0.3 is 0 Å². The Morgan fingerprint density at radius 1 is 0.545 bits per heavy atom. The number of benzene rings is 1. The van der Waals surface area contributed by atoms with Crippen molar-refractivity contribution in [3.05, 3.63) is 34.6 Å². The Kier molecular flexibility index (Phi) is 0.360. The molecule has 1 aromatic rings. The van der Waals surface area contributed by atoms with Gasteiger partial charge in [0.15, 0.2) is 0 Å². The summed E-state index contributed by atoms with van der Waals surface area (Å²) in [5, 5.41) is 0. The predicted octanol–water partition coefficient (Wildman–Crippen LogP) is 5.18. The van der Waals surface area contributed by atoms with Crippen LogP contribution in [0, 0.1) is 29.1 Å². The van der Waals surface area contributed by atoms with Crippen LogP contribution in [0.3, 0.4) is 0 Å². The zero-order valence-corrected chi connectivity index (χ0v) is 12.6. The van der Waals surface area contributed by atoms with Gasteiger partial charge in [-0.2, -0.15) is 0 Å². The van der Waals surface area contributed by atoms with Crippen LogP contribution in [0.5, 0.6) is 0 Å². The van der Waals surface area contributed by atoms with Crippen molar-refractivity contribution in [1.29, 1.82) is 0 Å².